The van der Waals surface area contributed by atoms with Gasteiger partial charge in [0.1, 0.15) is 6.61 Å². The molecule has 43 heavy (non-hydrogen) atoms. The van der Waals surface area contributed by atoms with Crippen LogP contribution >= 0.6 is 0 Å². The number of ether oxygens (including phenoxy) is 2. The molecule has 0 saturated carbocycles. The van der Waals surface area contributed by atoms with E-state index in [-0.39, 0.29) is 25.2 Å². The number of rotatable bonds is 33. The summed E-state index contributed by atoms with van der Waals surface area (Å²) in [7, 11) is 0. The van der Waals surface area contributed by atoms with E-state index in [9.17, 15) is 14.7 Å². The third-order valence-electron chi connectivity index (χ3n) is 8.00. The maximum Gasteiger partial charge on any atom is 0.306 e. The van der Waals surface area contributed by atoms with Crippen LogP contribution in [0.1, 0.15) is 187 Å². The minimum absolute atomic E-state index is 0.0676. The fraction of sp³-hybridized carbons (Fsp3) is 0.842. The predicted molar refractivity (Wildman–Crippen MR) is 182 cm³/mol. The van der Waals surface area contributed by atoms with Crippen LogP contribution in [0.4, 0.5) is 0 Å². The lowest BCUT2D eigenvalue weighted by atomic mass is 10.0. The van der Waals surface area contributed by atoms with Crippen molar-refractivity contribution >= 4 is 11.9 Å². The molecule has 0 aromatic carbocycles. The van der Waals surface area contributed by atoms with Gasteiger partial charge in [-0.2, -0.15) is 0 Å². The highest BCUT2D eigenvalue weighted by molar-refractivity contribution is 5.70. The molecule has 0 rings (SSSR count). The third-order valence-corrected chi connectivity index (χ3v) is 8.00. The van der Waals surface area contributed by atoms with E-state index in [1.165, 1.54) is 109 Å². The quantitative estimate of drug-likeness (QED) is 0.0457. The van der Waals surface area contributed by atoms with Crippen molar-refractivity contribution < 1.29 is 24.2 Å². The highest BCUT2D eigenvalue weighted by Gasteiger charge is 2.16. The Kier molecular flexibility index (Phi) is 33.6. The molecule has 0 aromatic heterocycles. The SMILES string of the molecule is CCCC/C=C/C/C=C/CCCCCCCC(=O)O[C@@H](CO)COC(=O)CCCCCCCCCCCCCCCCC. The smallest absolute Gasteiger partial charge is 0.306 e. The number of carbonyl (C=O) groups is 2. The molecule has 0 saturated heterocycles. The van der Waals surface area contributed by atoms with Crippen molar-refractivity contribution in [2.24, 2.45) is 0 Å². The Morgan fingerprint density at radius 3 is 1.44 bits per heavy atom. The largest absolute Gasteiger partial charge is 0.462 e. The number of allylic oxidation sites excluding steroid dienone is 4. The molecule has 0 bridgehead atoms. The van der Waals surface area contributed by atoms with Crippen molar-refractivity contribution in [3.05, 3.63) is 24.3 Å². The van der Waals surface area contributed by atoms with E-state index in [1.54, 1.807) is 0 Å². The summed E-state index contributed by atoms with van der Waals surface area (Å²) in [6, 6.07) is 0. The van der Waals surface area contributed by atoms with Gasteiger partial charge < -0.3 is 14.6 Å². The van der Waals surface area contributed by atoms with Gasteiger partial charge in [-0.1, -0.05) is 160 Å². The van der Waals surface area contributed by atoms with Gasteiger partial charge in [0.2, 0.25) is 0 Å². The monoisotopic (exact) mass is 607 g/mol. The molecule has 1 atom stereocenters. The van der Waals surface area contributed by atoms with Crippen LogP contribution in [-0.4, -0.2) is 36.4 Å². The molecule has 0 aliphatic carbocycles. The van der Waals surface area contributed by atoms with Crippen LogP contribution in [0.3, 0.4) is 0 Å². The fourth-order valence-corrected chi connectivity index (χ4v) is 5.16. The number of hydrogen-bond donors (Lipinski definition) is 1. The lowest BCUT2D eigenvalue weighted by Gasteiger charge is -2.15. The van der Waals surface area contributed by atoms with E-state index in [0.717, 1.165) is 51.4 Å². The Morgan fingerprint density at radius 2 is 0.953 bits per heavy atom. The Balaban J connectivity index is 3.56. The van der Waals surface area contributed by atoms with E-state index in [4.69, 9.17) is 9.47 Å². The molecule has 0 spiro atoms. The fourth-order valence-electron chi connectivity index (χ4n) is 5.16. The number of aliphatic hydroxyl groups excluding tert-OH is 1. The zero-order valence-electron chi connectivity index (χ0n) is 28.5. The molecule has 5 heteroatoms. The summed E-state index contributed by atoms with van der Waals surface area (Å²) in [5.41, 5.74) is 0. The minimum Gasteiger partial charge on any atom is -0.462 e. The standard InChI is InChI=1S/C38H70O5/c1-3-5-7-9-11-13-15-17-19-21-22-24-26-28-30-32-37(40)42-35-36(34-39)43-38(41)33-31-29-27-25-23-20-18-16-14-12-10-8-6-4-2/h10,12,16,18,36,39H,3-9,11,13-15,17,19-35H2,1-2H3/b12-10+,18-16+/t36-/m0/s1. The average Bonchev–Trinajstić information content (AvgIpc) is 3.01. The molecule has 0 amide bonds. The van der Waals surface area contributed by atoms with Crippen molar-refractivity contribution in [1.29, 1.82) is 0 Å². The molecule has 252 valence electrons. The van der Waals surface area contributed by atoms with Gasteiger partial charge in [-0.3, -0.25) is 9.59 Å². The first-order chi connectivity index (χ1) is 21.1. The van der Waals surface area contributed by atoms with Crippen LogP contribution in [0.25, 0.3) is 0 Å². The minimum atomic E-state index is -0.772. The summed E-state index contributed by atoms with van der Waals surface area (Å²) in [5, 5.41) is 9.52. The summed E-state index contributed by atoms with van der Waals surface area (Å²) < 4.78 is 10.6. The normalized spacial score (nSPS) is 12.3. The van der Waals surface area contributed by atoms with Crippen LogP contribution < -0.4 is 0 Å². The van der Waals surface area contributed by atoms with Gasteiger partial charge in [0.25, 0.3) is 0 Å². The lowest BCUT2D eigenvalue weighted by molar-refractivity contribution is -0.161. The topological polar surface area (TPSA) is 72.8 Å². The van der Waals surface area contributed by atoms with Gasteiger partial charge in [-0.25, -0.2) is 0 Å². The molecular formula is C38H70O5. The van der Waals surface area contributed by atoms with Crippen LogP contribution in [0.15, 0.2) is 24.3 Å². The molecule has 0 aliphatic heterocycles. The number of hydrogen-bond acceptors (Lipinski definition) is 5. The third kappa shape index (κ3) is 33.1. The second kappa shape index (κ2) is 34.9. The van der Waals surface area contributed by atoms with Gasteiger partial charge in [-0.05, 0) is 38.5 Å². The highest BCUT2D eigenvalue weighted by atomic mass is 16.6. The maximum absolute atomic E-state index is 12.1. The number of carbonyl (C=O) groups excluding carboxylic acids is 2. The predicted octanol–water partition coefficient (Wildman–Crippen LogP) is 11.1. The first-order valence-electron chi connectivity index (χ1n) is 18.4. The van der Waals surface area contributed by atoms with E-state index < -0.39 is 6.10 Å². The van der Waals surface area contributed by atoms with Crippen LogP contribution in [-0.2, 0) is 19.1 Å². The number of esters is 2. The summed E-state index contributed by atoms with van der Waals surface area (Å²) in [6.07, 6.45) is 39.4. The molecule has 0 aromatic rings. The molecule has 0 heterocycles. The van der Waals surface area contributed by atoms with Gasteiger partial charge in [0, 0.05) is 12.8 Å². The second-order valence-corrected chi connectivity index (χ2v) is 12.3. The molecule has 5 nitrogen and oxygen atoms in total. The van der Waals surface area contributed by atoms with Crippen LogP contribution in [0, 0.1) is 0 Å². The molecular weight excluding hydrogens is 536 g/mol. The van der Waals surface area contributed by atoms with E-state index in [1.807, 2.05) is 0 Å². The average molecular weight is 607 g/mol. The lowest BCUT2D eigenvalue weighted by Crippen LogP contribution is -2.28. The van der Waals surface area contributed by atoms with Gasteiger partial charge in [0.15, 0.2) is 6.10 Å². The summed E-state index contributed by atoms with van der Waals surface area (Å²) >= 11 is 0. The first kappa shape index (κ1) is 41.4. The van der Waals surface area contributed by atoms with E-state index >= 15 is 0 Å². The van der Waals surface area contributed by atoms with Crippen molar-refractivity contribution in [3.8, 4) is 0 Å². The number of unbranched alkanes of at least 4 members (excludes halogenated alkanes) is 21. The Bertz CT molecular complexity index is 657. The maximum atomic E-state index is 12.1. The first-order valence-corrected chi connectivity index (χ1v) is 18.4. The van der Waals surface area contributed by atoms with Crippen molar-refractivity contribution in [2.75, 3.05) is 13.2 Å². The van der Waals surface area contributed by atoms with Crippen molar-refractivity contribution in [2.45, 2.75) is 193 Å². The van der Waals surface area contributed by atoms with E-state index in [0.29, 0.717) is 12.8 Å². The molecule has 0 unspecified atom stereocenters. The molecule has 0 aliphatic rings. The van der Waals surface area contributed by atoms with Gasteiger partial charge in [0.05, 0.1) is 6.61 Å². The molecule has 0 radical (unpaired) electrons. The van der Waals surface area contributed by atoms with Gasteiger partial charge in [-0.15, -0.1) is 0 Å². The highest BCUT2D eigenvalue weighted by Crippen LogP contribution is 2.14. The summed E-state index contributed by atoms with van der Waals surface area (Å²) in [6.45, 7) is 4.09. The second-order valence-electron chi connectivity index (χ2n) is 12.3. The van der Waals surface area contributed by atoms with Crippen molar-refractivity contribution in [3.63, 3.8) is 0 Å². The van der Waals surface area contributed by atoms with Gasteiger partial charge >= 0.3 is 11.9 Å². The van der Waals surface area contributed by atoms with Crippen molar-refractivity contribution in [1.82, 2.24) is 0 Å². The Morgan fingerprint density at radius 1 is 0.535 bits per heavy atom. The molecule has 0 fully saturated rings. The Hall–Kier alpha value is -1.62. The summed E-state index contributed by atoms with van der Waals surface area (Å²) in [5.74, 6) is -0.602. The zero-order valence-corrected chi connectivity index (χ0v) is 28.5. The number of aliphatic hydroxyl groups is 1. The molecule has 1 N–H and O–H groups in total. The van der Waals surface area contributed by atoms with Crippen LogP contribution in [0.5, 0.6) is 0 Å². The zero-order chi connectivity index (χ0) is 31.5. The van der Waals surface area contributed by atoms with Crippen LogP contribution in [0.2, 0.25) is 0 Å². The Labute approximate surface area is 266 Å². The summed E-state index contributed by atoms with van der Waals surface area (Å²) in [4.78, 5) is 24.2. The van der Waals surface area contributed by atoms with E-state index in [2.05, 4.69) is 38.2 Å².